The van der Waals surface area contributed by atoms with Crippen LogP contribution in [0.15, 0.2) is 15.6 Å². The summed E-state index contributed by atoms with van der Waals surface area (Å²) in [5, 5.41) is 3.87. The van der Waals surface area contributed by atoms with Gasteiger partial charge in [-0.05, 0) is 12.8 Å². The van der Waals surface area contributed by atoms with Gasteiger partial charge in [0.1, 0.15) is 0 Å². The molecule has 1 aliphatic carbocycles. The van der Waals surface area contributed by atoms with Gasteiger partial charge in [-0.1, -0.05) is 18.0 Å². The van der Waals surface area contributed by atoms with E-state index in [1.54, 1.807) is 6.07 Å². The Balaban J connectivity index is 2.16. The molecule has 1 heterocycles. The summed E-state index contributed by atoms with van der Waals surface area (Å²) in [6, 6.07) is 1.72. The lowest BCUT2D eigenvalue weighted by Crippen LogP contribution is -1.90. The molecule has 2 rings (SSSR count). The summed E-state index contributed by atoms with van der Waals surface area (Å²) in [7, 11) is 0. The average molecular weight is 178 g/mol. The van der Waals surface area contributed by atoms with Crippen LogP contribution in [0.4, 0.5) is 5.88 Å². The normalized spacial score (nSPS) is 17.2. The number of hydrogen-bond donors (Lipinski definition) is 0. The number of rotatable bonds is 2. The minimum atomic E-state index is 0.261. The van der Waals surface area contributed by atoms with Crippen LogP contribution in [-0.2, 0) is 4.79 Å². The smallest absolute Gasteiger partial charge is 0.261 e. The molecule has 0 amide bonds. The third-order valence-corrected chi connectivity index (χ3v) is 2.45. The fraction of sp³-hybridized carbons (Fsp3) is 0.556. The van der Waals surface area contributed by atoms with Crippen LogP contribution < -0.4 is 0 Å². The standard InChI is InChI=1S/C9H10N2O2/c12-6-10-9-5-8(11-13-9)7-3-1-2-4-7/h5,7H,1-4H2. The fourth-order valence-electron chi connectivity index (χ4n) is 1.79. The Morgan fingerprint density at radius 2 is 2.31 bits per heavy atom. The van der Waals surface area contributed by atoms with Crippen molar-refractivity contribution in [2.24, 2.45) is 4.99 Å². The first-order chi connectivity index (χ1) is 6.40. The highest BCUT2D eigenvalue weighted by Crippen LogP contribution is 2.34. The Morgan fingerprint density at radius 3 is 3.00 bits per heavy atom. The van der Waals surface area contributed by atoms with E-state index in [-0.39, 0.29) is 5.88 Å². The van der Waals surface area contributed by atoms with Crippen molar-refractivity contribution < 1.29 is 9.32 Å². The van der Waals surface area contributed by atoms with Gasteiger partial charge >= 0.3 is 0 Å². The second kappa shape index (κ2) is 3.54. The molecule has 0 atom stereocenters. The zero-order valence-corrected chi connectivity index (χ0v) is 7.19. The number of aromatic nitrogens is 1. The molecular weight excluding hydrogens is 168 g/mol. The summed E-state index contributed by atoms with van der Waals surface area (Å²) in [5.41, 5.74) is 0.923. The van der Waals surface area contributed by atoms with Crippen LogP contribution >= 0.6 is 0 Å². The van der Waals surface area contributed by atoms with Gasteiger partial charge in [0.15, 0.2) is 0 Å². The first-order valence-corrected chi connectivity index (χ1v) is 4.44. The topological polar surface area (TPSA) is 55.5 Å². The Labute approximate surface area is 75.6 Å². The lowest BCUT2D eigenvalue weighted by atomic mass is 10.0. The van der Waals surface area contributed by atoms with E-state index in [4.69, 9.17) is 4.52 Å². The zero-order valence-electron chi connectivity index (χ0n) is 7.19. The molecule has 1 aromatic rings. The van der Waals surface area contributed by atoms with Crippen molar-refractivity contribution in [2.75, 3.05) is 0 Å². The molecule has 0 aliphatic heterocycles. The van der Waals surface area contributed by atoms with Gasteiger partial charge in [-0.2, -0.15) is 0 Å². The predicted octanol–water partition coefficient (Wildman–Crippen LogP) is 2.30. The Morgan fingerprint density at radius 1 is 1.54 bits per heavy atom. The van der Waals surface area contributed by atoms with Gasteiger partial charge in [0.25, 0.3) is 5.88 Å². The molecular formula is C9H10N2O2. The van der Waals surface area contributed by atoms with E-state index in [9.17, 15) is 4.79 Å². The minimum Gasteiger partial charge on any atom is -0.335 e. The second-order valence-electron chi connectivity index (χ2n) is 3.27. The highest BCUT2D eigenvalue weighted by atomic mass is 16.5. The Bertz CT molecular complexity index is 333. The zero-order chi connectivity index (χ0) is 9.10. The highest BCUT2D eigenvalue weighted by molar-refractivity contribution is 5.43. The van der Waals surface area contributed by atoms with Gasteiger partial charge in [-0.3, -0.25) is 0 Å². The van der Waals surface area contributed by atoms with E-state index < -0.39 is 0 Å². The summed E-state index contributed by atoms with van der Waals surface area (Å²) < 4.78 is 4.84. The lowest BCUT2D eigenvalue weighted by molar-refractivity contribution is 0.414. The van der Waals surface area contributed by atoms with Gasteiger partial charge in [0.2, 0.25) is 6.08 Å². The largest absolute Gasteiger partial charge is 0.335 e. The quantitative estimate of drug-likeness (QED) is 0.515. The molecule has 1 aromatic heterocycles. The maximum absolute atomic E-state index is 9.93. The Hall–Kier alpha value is -1.41. The molecule has 4 heteroatoms. The molecule has 1 aliphatic rings. The van der Waals surface area contributed by atoms with Gasteiger partial charge in [0.05, 0.1) is 5.69 Å². The molecule has 0 radical (unpaired) electrons. The van der Waals surface area contributed by atoms with Gasteiger partial charge < -0.3 is 4.52 Å². The number of carbonyl (C=O) groups excluding carboxylic acids is 1. The first-order valence-electron chi connectivity index (χ1n) is 4.44. The van der Waals surface area contributed by atoms with Crippen molar-refractivity contribution in [3.8, 4) is 0 Å². The van der Waals surface area contributed by atoms with Crippen molar-refractivity contribution in [3.05, 3.63) is 11.8 Å². The molecule has 0 spiro atoms. The summed E-state index contributed by atoms with van der Waals surface area (Å²) in [6.45, 7) is 0. The third kappa shape index (κ3) is 1.68. The van der Waals surface area contributed by atoms with E-state index in [1.807, 2.05) is 0 Å². The number of nitrogens with zero attached hydrogens (tertiary/aromatic N) is 2. The summed E-state index contributed by atoms with van der Waals surface area (Å²) >= 11 is 0. The summed E-state index contributed by atoms with van der Waals surface area (Å²) in [4.78, 5) is 13.3. The van der Waals surface area contributed by atoms with Crippen molar-refractivity contribution in [1.29, 1.82) is 0 Å². The van der Waals surface area contributed by atoms with Crippen LogP contribution in [-0.4, -0.2) is 11.2 Å². The van der Waals surface area contributed by atoms with Crippen LogP contribution in [0.1, 0.15) is 37.3 Å². The monoisotopic (exact) mass is 178 g/mol. The van der Waals surface area contributed by atoms with Crippen LogP contribution in [0.25, 0.3) is 0 Å². The molecule has 0 N–H and O–H groups in total. The van der Waals surface area contributed by atoms with Crippen molar-refractivity contribution in [1.82, 2.24) is 5.16 Å². The van der Waals surface area contributed by atoms with Crippen LogP contribution in [0.5, 0.6) is 0 Å². The van der Waals surface area contributed by atoms with Gasteiger partial charge in [-0.15, -0.1) is 4.99 Å². The fourth-order valence-corrected chi connectivity index (χ4v) is 1.79. The van der Waals surface area contributed by atoms with Crippen molar-refractivity contribution >= 4 is 12.0 Å². The van der Waals surface area contributed by atoms with E-state index in [1.165, 1.54) is 18.9 Å². The lowest BCUT2D eigenvalue weighted by Gasteiger charge is -2.00. The maximum Gasteiger partial charge on any atom is 0.261 e. The number of isocyanates is 1. The first kappa shape index (κ1) is 8.20. The molecule has 13 heavy (non-hydrogen) atoms. The number of aliphatic imine (C=N–C) groups is 1. The summed E-state index contributed by atoms with van der Waals surface area (Å²) in [5.74, 6) is 0.760. The van der Waals surface area contributed by atoms with Crippen LogP contribution in [0, 0.1) is 0 Å². The Kier molecular flexibility index (Phi) is 2.23. The summed E-state index contributed by atoms with van der Waals surface area (Å²) in [6.07, 6.45) is 6.26. The molecule has 0 aromatic carbocycles. The molecule has 0 unspecified atom stereocenters. The molecule has 0 bridgehead atoms. The third-order valence-electron chi connectivity index (χ3n) is 2.45. The second-order valence-corrected chi connectivity index (χ2v) is 3.27. The SMILES string of the molecule is O=C=Nc1cc(C2CCCC2)no1. The maximum atomic E-state index is 9.93. The van der Waals surface area contributed by atoms with Crippen molar-refractivity contribution in [3.63, 3.8) is 0 Å². The molecule has 1 saturated carbocycles. The van der Waals surface area contributed by atoms with E-state index >= 15 is 0 Å². The van der Waals surface area contributed by atoms with E-state index in [0.717, 1.165) is 18.5 Å². The van der Waals surface area contributed by atoms with E-state index in [2.05, 4.69) is 10.1 Å². The van der Waals surface area contributed by atoms with Gasteiger partial charge in [0, 0.05) is 12.0 Å². The average Bonchev–Trinajstić information content (AvgIpc) is 2.70. The molecule has 68 valence electrons. The molecule has 4 nitrogen and oxygen atoms in total. The molecule has 1 fully saturated rings. The van der Waals surface area contributed by atoms with Gasteiger partial charge in [-0.25, -0.2) is 4.79 Å². The number of hydrogen-bond acceptors (Lipinski definition) is 4. The minimum absolute atomic E-state index is 0.261. The van der Waals surface area contributed by atoms with Crippen LogP contribution in [0.3, 0.4) is 0 Å². The van der Waals surface area contributed by atoms with Crippen LogP contribution in [0.2, 0.25) is 0 Å². The highest BCUT2D eigenvalue weighted by Gasteiger charge is 2.20. The predicted molar refractivity (Wildman–Crippen MR) is 45.5 cm³/mol. The van der Waals surface area contributed by atoms with E-state index in [0.29, 0.717) is 5.92 Å². The molecule has 0 saturated heterocycles. The van der Waals surface area contributed by atoms with Crippen molar-refractivity contribution in [2.45, 2.75) is 31.6 Å².